The van der Waals surface area contributed by atoms with Gasteiger partial charge in [0.05, 0.1) is 11.7 Å². The van der Waals surface area contributed by atoms with Crippen molar-refractivity contribution >= 4 is 17.4 Å². The quantitative estimate of drug-likeness (QED) is 0.512. The number of hydrogen-bond acceptors (Lipinski definition) is 3. The van der Waals surface area contributed by atoms with Crippen molar-refractivity contribution in [2.24, 2.45) is 5.92 Å². The Bertz CT molecular complexity index is 1100. The second-order valence-corrected chi connectivity index (χ2v) is 9.89. The van der Waals surface area contributed by atoms with Crippen molar-refractivity contribution in [3.8, 4) is 11.1 Å². The average molecular weight is 429 g/mol. The van der Waals surface area contributed by atoms with Gasteiger partial charge in [-0.1, -0.05) is 61.7 Å². The number of anilines is 2. The summed E-state index contributed by atoms with van der Waals surface area (Å²) in [4.78, 5) is 13.3. The summed E-state index contributed by atoms with van der Waals surface area (Å²) in [6.45, 7) is 4.45. The van der Waals surface area contributed by atoms with E-state index < -0.39 is 0 Å². The lowest BCUT2D eigenvalue weighted by atomic mass is 9.78. The maximum atomic E-state index is 13.3. The van der Waals surface area contributed by atoms with E-state index in [1.54, 1.807) is 6.20 Å². The van der Waals surface area contributed by atoms with Gasteiger partial charge in [0.2, 0.25) is 0 Å². The average Bonchev–Trinajstić information content (AvgIpc) is 3.25. The molecular weight excluding hydrogens is 396 g/mol. The van der Waals surface area contributed by atoms with Gasteiger partial charge in [0.1, 0.15) is 11.4 Å². The molecule has 2 aromatic carbocycles. The Morgan fingerprint density at radius 2 is 1.78 bits per heavy atom. The van der Waals surface area contributed by atoms with Crippen LogP contribution in [0.4, 0.5) is 11.5 Å². The van der Waals surface area contributed by atoms with Crippen LogP contribution in [-0.4, -0.2) is 21.7 Å². The predicted molar refractivity (Wildman–Crippen MR) is 130 cm³/mol. The Labute approximate surface area is 190 Å². The van der Waals surface area contributed by atoms with E-state index in [0.29, 0.717) is 17.5 Å². The van der Waals surface area contributed by atoms with Crippen LogP contribution in [0, 0.1) is 5.92 Å². The van der Waals surface area contributed by atoms with Crippen molar-refractivity contribution in [1.82, 2.24) is 9.78 Å². The van der Waals surface area contributed by atoms with Crippen molar-refractivity contribution in [3.05, 3.63) is 66.4 Å². The Kier molecular flexibility index (Phi) is 5.50. The molecule has 5 rings (SSSR count). The van der Waals surface area contributed by atoms with Gasteiger partial charge in [-0.3, -0.25) is 4.79 Å². The molecule has 1 fully saturated rings. The number of benzene rings is 2. The second kappa shape index (κ2) is 8.45. The number of hydrogen-bond donors (Lipinski definition) is 2. The SMILES string of the molecule is CC1(C)CC(C2CCCCC2)Nc2c(C(=O)Nc3cccc(-c4ccccc4)c3)cnn21. The van der Waals surface area contributed by atoms with Crippen molar-refractivity contribution < 1.29 is 4.79 Å². The number of carbonyl (C=O) groups is 1. The third-order valence-electron chi connectivity index (χ3n) is 7.08. The van der Waals surface area contributed by atoms with Crippen molar-refractivity contribution in [2.45, 2.75) is 64.0 Å². The highest BCUT2D eigenvalue weighted by Crippen LogP contribution is 2.39. The van der Waals surface area contributed by atoms with E-state index in [1.165, 1.54) is 32.1 Å². The zero-order valence-electron chi connectivity index (χ0n) is 19.0. The molecular formula is C27H32N4O. The molecule has 32 heavy (non-hydrogen) atoms. The van der Waals surface area contributed by atoms with E-state index in [9.17, 15) is 4.79 Å². The molecule has 0 bridgehead atoms. The van der Waals surface area contributed by atoms with Crippen LogP contribution in [0.15, 0.2) is 60.8 Å². The van der Waals surface area contributed by atoms with E-state index in [-0.39, 0.29) is 11.4 Å². The molecule has 1 aliphatic carbocycles. The maximum Gasteiger partial charge on any atom is 0.261 e. The largest absolute Gasteiger partial charge is 0.366 e. The molecule has 5 heteroatoms. The van der Waals surface area contributed by atoms with Gasteiger partial charge in [0.25, 0.3) is 5.91 Å². The number of rotatable bonds is 4. The summed E-state index contributed by atoms with van der Waals surface area (Å²) in [5.74, 6) is 1.41. The summed E-state index contributed by atoms with van der Waals surface area (Å²) < 4.78 is 2.00. The number of nitrogens with zero attached hydrogens (tertiary/aromatic N) is 2. The molecule has 1 amide bonds. The predicted octanol–water partition coefficient (Wildman–Crippen LogP) is 6.30. The monoisotopic (exact) mass is 428 g/mol. The summed E-state index contributed by atoms with van der Waals surface area (Å²) in [6, 6.07) is 18.6. The van der Waals surface area contributed by atoms with Crippen LogP contribution in [0.1, 0.15) is 62.7 Å². The maximum absolute atomic E-state index is 13.3. The zero-order chi connectivity index (χ0) is 22.1. The smallest absolute Gasteiger partial charge is 0.261 e. The molecule has 2 heterocycles. The number of aromatic nitrogens is 2. The molecule has 1 aromatic heterocycles. The first kappa shape index (κ1) is 20.8. The number of nitrogens with one attached hydrogen (secondary N) is 2. The van der Waals surface area contributed by atoms with E-state index in [1.807, 2.05) is 41.1 Å². The fourth-order valence-electron chi connectivity index (χ4n) is 5.39. The van der Waals surface area contributed by atoms with Gasteiger partial charge in [0, 0.05) is 11.7 Å². The lowest BCUT2D eigenvalue weighted by molar-refractivity contribution is 0.102. The van der Waals surface area contributed by atoms with Crippen LogP contribution >= 0.6 is 0 Å². The minimum Gasteiger partial charge on any atom is -0.366 e. The van der Waals surface area contributed by atoms with Crippen molar-refractivity contribution in [3.63, 3.8) is 0 Å². The molecule has 0 spiro atoms. The molecule has 1 unspecified atom stereocenters. The molecule has 3 aromatic rings. The Morgan fingerprint density at radius 1 is 1.03 bits per heavy atom. The standard InChI is InChI=1S/C27H32N4O/c1-27(2)17-24(20-12-7-4-8-13-20)30-25-23(18-28-31(25)27)26(32)29-22-15-9-14-21(16-22)19-10-5-3-6-11-19/h3,5-6,9-11,14-16,18,20,24,30H,4,7-8,12-13,17H2,1-2H3,(H,29,32). The Balaban J connectivity index is 1.39. The summed E-state index contributed by atoms with van der Waals surface area (Å²) >= 11 is 0. The van der Waals surface area contributed by atoms with Gasteiger partial charge >= 0.3 is 0 Å². The minimum atomic E-state index is -0.121. The normalized spacial score (nSPS) is 20.2. The third kappa shape index (κ3) is 4.04. The first-order chi connectivity index (χ1) is 15.5. The minimum absolute atomic E-state index is 0.117. The van der Waals surface area contributed by atoms with Crippen LogP contribution in [0.25, 0.3) is 11.1 Å². The highest BCUT2D eigenvalue weighted by atomic mass is 16.1. The summed E-state index contributed by atoms with van der Waals surface area (Å²) in [5.41, 5.74) is 3.50. The van der Waals surface area contributed by atoms with E-state index >= 15 is 0 Å². The fraction of sp³-hybridized carbons (Fsp3) is 0.407. The van der Waals surface area contributed by atoms with Crippen LogP contribution in [0.2, 0.25) is 0 Å². The van der Waals surface area contributed by atoms with Gasteiger partial charge in [-0.05, 0) is 62.3 Å². The summed E-state index contributed by atoms with van der Waals surface area (Å²) in [7, 11) is 0. The highest BCUT2D eigenvalue weighted by Gasteiger charge is 2.39. The molecule has 5 nitrogen and oxygen atoms in total. The summed E-state index contributed by atoms with van der Waals surface area (Å²) in [6.07, 6.45) is 9.27. The van der Waals surface area contributed by atoms with Gasteiger partial charge in [-0.15, -0.1) is 0 Å². The zero-order valence-corrected chi connectivity index (χ0v) is 19.0. The fourth-order valence-corrected chi connectivity index (χ4v) is 5.39. The van der Waals surface area contributed by atoms with Crippen molar-refractivity contribution in [2.75, 3.05) is 10.6 Å². The molecule has 166 valence electrons. The number of amides is 1. The van der Waals surface area contributed by atoms with Crippen LogP contribution in [0.5, 0.6) is 0 Å². The van der Waals surface area contributed by atoms with Gasteiger partial charge in [-0.25, -0.2) is 4.68 Å². The highest BCUT2D eigenvalue weighted by molar-refractivity contribution is 6.07. The molecule has 1 atom stereocenters. The molecule has 1 aliphatic heterocycles. The van der Waals surface area contributed by atoms with Crippen molar-refractivity contribution in [1.29, 1.82) is 0 Å². The second-order valence-electron chi connectivity index (χ2n) is 9.89. The van der Waals surface area contributed by atoms with E-state index in [2.05, 4.69) is 47.8 Å². The third-order valence-corrected chi connectivity index (χ3v) is 7.08. The number of fused-ring (bicyclic) bond motifs is 1. The molecule has 0 saturated heterocycles. The topological polar surface area (TPSA) is 59.0 Å². The summed E-state index contributed by atoms with van der Waals surface area (Å²) in [5, 5.41) is 11.4. The van der Waals surface area contributed by atoms with Crippen LogP contribution in [-0.2, 0) is 5.54 Å². The molecule has 2 N–H and O–H groups in total. The number of carbonyl (C=O) groups excluding carboxylic acids is 1. The van der Waals surface area contributed by atoms with Crippen LogP contribution in [0.3, 0.4) is 0 Å². The van der Waals surface area contributed by atoms with Gasteiger partial charge in [-0.2, -0.15) is 5.10 Å². The lowest BCUT2D eigenvalue weighted by Crippen LogP contribution is -2.45. The Morgan fingerprint density at radius 3 is 2.56 bits per heavy atom. The molecule has 2 aliphatic rings. The molecule has 1 saturated carbocycles. The van der Waals surface area contributed by atoms with Gasteiger partial charge in [0.15, 0.2) is 0 Å². The molecule has 0 radical (unpaired) electrons. The lowest BCUT2D eigenvalue weighted by Gasteiger charge is -2.42. The van der Waals surface area contributed by atoms with Crippen LogP contribution < -0.4 is 10.6 Å². The van der Waals surface area contributed by atoms with Gasteiger partial charge < -0.3 is 10.6 Å². The first-order valence-corrected chi connectivity index (χ1v) is 11.8. The Hall–Kier alpha value is -3.08. The first-order valence-electron chi connectivity index (χ1n) is 11.8. The van der Waals surface area contributed by atoms with E-state index in [0.717, 1.165) is 29.1 Å². The van der Waals surface area contributed by atoms with E-state index in [4.69, 9.17) is 0 Å².